The quantitative estimate of drug-likeness (QED) is 0.803. The molecule has 17 heavy (non-hydrogen) atoms. The zero-order valence-electron chi connectivity index (χ0n) is 10.4. The Kier molecular flexibility index (Phi) is 2.09. The van der Waals surface area contributed by atoms with Gasteiger partial charge in [0.05, 0.1) is 0 Å². The highest BCUT2D eigenvalue weighted by molar-refractivity contribution is 7.10. The largest absolute Gasteiger partial charge is 0.384 e. The van der Waals surface area contributed by atoms with E-state index in [-0.39, 0.29) is 0 Å². The summed E-state index contributed by atoms with van der Waals surface area (Å²) in [6.45, 7) is 2.16. The second-order valence-electron chi connectivity index (χ2n) is 6.56. The highest BCUT2D eigenvalue weighted by Crippen LogP contribution is 2.62. The minimum Gasteiger partial charge on any atom is -0.384 e. The van der Waals surface area contributed by atoms with Crippen LogP contribution in [0.4, 0.5) is 0 Å². The molecule has 1 aromatic heterocycles. The second kappa shape index (κ2) is 3.36. The van der Waals surface area contributed by atoms with Gasteiger partial charge < -0.3 is 5.11 Å². The molecule has 0 radical (unpaired) electrons. The van der Waals surface area contributed by atoms with Gasteiger partial charge in [-0.1, -0.05) is 0 Å². The van der Waals surface area contributed by atoms with Crippen LogP contribution >= 0.6 is 11.3 Å². The Bertz CT molecular complexity index is 420. The number of rotatable bonds is 1. The minimum atomic E-state index is -0.467. The van der Waals surface area contributed by atoms with E-state index in [0.717, 1.165) is 11.8 Å². The summed E-state index contributed by atoms with van der Waals surface area (Å²) in [5, 5.41) is 13.5. The van der Waals surface area contributed by atoms with Crippen LogP contribution in [0, 0.1) is 30.6 Å². The molecule has 0 saturated heterocycles. The van der Waals surface area contributed by atoms with Crippen LogP contribution in [0.15, 0.2) is 11.4 Å². The van der Waals surface area contributed by atoms with Gasteiger partial charge in [-0.05, 0) is 79.7 Å². The van der Waals surface area contributed by atoms with Crippen LogP contribution in [0.3, 0.4) is 0 Å². The molecule has 5 rings (SSSR count). The molecule has 1 aromatic rings. The van der Waals surface area contributed by atoms with Crippen molar-refractivity contribution in [2.45, 2.75) is 44.6 Å². The standard InChI is InChI=1S/C15H20OS/c1-9-2-3-17-14(9)15(16)12-5-10-4-11(7-12)8-13(15)6-10/h2-3,10-13,16H,4-8H2,1H3. The Morgan fingerprint density at radius 2 is 1.71 bits per heavy atom. The van der Waals surface area contributed by atoms with Crippen molar-refractivity contribution >= 4 is 11.3 Å². The summed E-state index contributed by atoms with van der Waals surface area (Å²) in [6.07, 6.45) is 6.57. The molecule has 0 atom stereocenters. The van der Waals surface area contributed by atoms with E-state index in [9.17, 15) is 5.11 Å². The monoisotopic (exact) mass is 248 g/mol. The van der Waals surface area contributed by atoms with Crippen LogP contribution in [0.2, 0.25) is 0 Å². The van der Waals surface area contributed by atoms with E-state index in [2.05, 4.69) is 18.4 Å². The fourth-order valence-electron chi connectivity index (χ4n) is 5.06. The van der Waals surface area contributed by atoms with Crippen LogP contribution in [-0.2, 0) is 5.60 Å². The summed E-state index contributed by atoms with van der Waals surface area (Å²) in [6, 6.07) is 2.17. The molecule has 0 amide bonds. The molecule has 0 aromatic carbocycles. The molecule has 0 aliphatic heterocycles. The van der Waals surface area contributed by atoms with E-state index in [1.54, 1.807) is 11.3 Å². The van der Waals surface area contributed by atoms with Crippen LogP contribution in [0.1, 0.15) is 42.5 Å². The van der Waals surface area contributed by atoms with Gasteiger partial charge >= 0.3 is 0 Å². The topological polar surface area (TPSA) is 20.2 Å². The fourth-order valence-corrected chi connectivity index (χ4v) is 6.24. The van der Waals surface area contributed by atoms with Crippen LogP contribution < -0.4 is 0 Å². The van der Waals surface area contributed by atoms with Crippen LogP contribution in [-0.4, -0.2) is 5.11 Å². The molecular formula is C15H20OS. The van der Waals surface area contributed by atoms with E-state index in [1.165, 1.54) is 42.5 Å². The lowest BCUT2D eigenvalue weighted by atomic mass is 9.49. The summed E-state index contributed by atoms with van der Waals surface area (Å²) in [5.74, 6) is 2.96. The van der Waals surface area contributed by atoms with E-state index < -0.39 is 5.60 Å². The lowest BCUT2D eigenvalue weighted by Gasteiger charge is -2.58. The Morgan fingerprint density at radius 1 is 1.12 bits per heavy atom. The van der Waals surface area contributed by atoms with Gasteiger partial charge in [-0.15, -0.1) is 11.3 Å². The third-order valence-corrected chi connectivity index (χ3v) is 6.77. The third kappa shape index (κ3) is 1.29. The van der Waals surface area contributed by atoms with Crippen molar-refractivity contribution in [3.8, 4) is 0 Å². The van der Waals surface area contributed by atoms with Crippen molar-refractivity contribution in [1.82, 2.24) is 0 Å². The summed E-state index contributed by atoms with van der Waals surface area (Å²) >= 11 is 1.78. The molecule has 4 aliphatic carbocycles. The molecule has 4 bridgehead atoms. The van der Waals surface area contributed by atoms with E-state index in [4.69, 9.17) is 0 Å². The Labute approximate surface area is 107 Å². The average molecular weight is 248 g/mol. The fraction of sp³-hybridized carbons (Fsp3) is 0.733. The zero-order valence-corrected chi connectivity index (χ0v) is 11.2. The number of thiophene rings is 1. The predicted molar refractivity (Wildman–Crippen MR) is 70.0 cm³/mol. The molecule has 1 nitrogen and oxygen atoms in total. The van der Waals surface area contributed by atoms with E-state index in [1.807, 2.05) is 0 Å². The zero-order chi connectivity index (χ0) is 11.6. The van der Waals surface area contributed by atoms with Gasteiger partial charge in [0.2, 0.25) is 0 Å². The van der Waals surface area contributed by atoms with Gasteiger partial charge in [0.25, 0.3) is 0 Å². The van der Waals surface area contributed by atoms with E-state index >= 15 is 0 Å². The minimum absolute atomic E-state index is 0.467. The summed E-state index contributed by atoms with van der Waals surface area (Å²) in [7, 11) is 0. The first-order valence-electron chi connectivity index (χ1n) is 6.95. The predicted octanol–water partition coefficient (Wildman–Crippen LogP) is 3.70. The smallest absolute Gasteiger partial charge is 0.105 e. The Hall–Kier alpha value is -0.340. The maximum absolute atomic E-state index is 11.3. The van der Waals surface area contributed by atoms with Crippen molar-refractivity contribution in [2.24, 2.45) is 23.7 Å². The van der Waals surface area contributed by atoms with Crippen LogP contribution in [0.25, 0.3) is 0 Å². The van der Waals surface area contributed by atoms with Gasteiger partial charge in [0.15, 0.2) is 0 Å². The van der Waals surface area contributed by atoms with Crippen LogP contribution in [0.5, 0.6) is 0 Å². The first-order chi connectivity index (χ1) is 8.18. The first-order valence-corrected chi connectivity index (χ1v) is 7.82. The average Bonchev–Trinajstić information content (AvgIpc) is 2.71. The number of aryl methyl sites for hydroxylation is 1. The first kappa shape index (κ1) is 10.6. The van der Waals surface area contributed by atoms with Gasteiger partial charge in [-0.3, -0.25) is 0 Å². The van der Waals surface area contributed by atoms with Crippen molar-refractivity contribution < 1.29 is 5.11 Å². The Morgan fingerprint density at radius 3 is 2.18 bits per heavy atom. The van der Waals surface area contributed by atoms with E-state index in [0.29, 0.717) is 11.8 Å². The van der Waals surface area contributed by atoms with Crippen molar-refractivity contribution in [3.63, 3.8) is 0 Å². The molecule has 0 spiro atoms. The molecular weight excluding hydrogens is 228 g/mol. The number of hydrogen-bond acceptors (Lipinski definition) is 2. The molecule has 4 aliphatic rings. The maximum Gasteiger partial charge on any atom is 0.105 e. The molecule has 2 heteroatoms. The van der Waals surface area contributed by atoms with Gasteiger partial charge in [0, 0.05) is 4.88 Å². The highest BCUT2D eigenvalue weighted by atomic mass is 32.1. The normalized spacial score (nSPS) is 47.6. The molecule has 0 unspecified atom stereocenters. The molecule has 1 N–H and O–H groups in total. The summed E-state index contributed by atoms with van der Waals surface area (Å²) in [4.78, 5) is 1.28. The molecule has 1 heterocycles. The summed E-state index contributed by atoms with van der Waals surface area (Å²) < 4.78 is 0. The number of hydrogen-bond donors (Lipinski definition) is 1. The maximum atomic E-state index is 11.3. The Balaban J connectivity index is 1.81. The lowest BCUT2D eigenvalue weighted by molar-refractivity contribution is -0.177. The SMILES string of the molecule is Cc1ccsc1C1(O)C2CC3CC(C2)CC1C3. The van der Waals surface area contributed by atoms with Crippen molar-refractivity contribution in [3.05, 3.63) is 21.9 Å². The van der Waals surface area contributed by atoms with Gasteiger partial charge in [-0.2, -0.15) is 0 Å². The lowest BCUT2D eigenvalue weighted by Crippen LogP contribution is -2.55. The van der Waals surface area contributed by atoms with Gasteiger partial charge in [-0.25, -0.2) is 0 Å². The second-order valence-corrected chi connectivity index (χ2v) is 7.48. The number of aliphatic hydroxyl groups is 1. The van der Waals surface area contributed by atoms with Crippen molar-refractivity contribution in [2.75, 3.05) is 0 Å². The molecule has 92 valence electrons. The summed E-state index contributed by atoms with van der Waals surface area (Å²) in [5.41, 5.74) is 0.844. The van der Waals surface area contributed by atoms with Gasteiger partial charge in [0.1, 0.15) is 5.60 Å². The molecule has 4 fully saturated rings. The van der Waals surface area contributed by atoms with Crippen molar-refractivity contribution in [1.29, 1.82) is 0 Å². The highest BCUT2D eigenvalue weighted by Gasteiger charge is 2.57. The third-order valence-electron chi connectivity index (χ3n) is 5.61. The molecule has 4 saturated carbocycles.